The number of rotatable bonds is 5. The van der Waals surface area contributed by atoms with Crippen molar-refractivity contribution in [3.8, 4) is 0 Å². The molecular weight excluding hydrogens is 181 g/mol. The molecule has 0 bridgehead atoms. The zero-order valence-electron chi connectivity index (χ0n) is 6.13. The second kappa shape index (κ2) is 6.56. The molecule has 0 saturated carbocycles. The molecule has 0 aliphatic heterocycles. The molecule has 0 heterocycles. The van der Waals surface area contributed by atoms with Crippen LogP contribution in [0, 0.1) is 0 Å². The van der Waals surface area contributed by atoms with Crippen molar-refractivity contribution in [1.82, 2.24) is 4.90 Å². The minimum atomic E-state index is 0.368. The molecule has 0 rings (SSSR count). The fraction of sp³-hybridized carbons (Fsp3) is 1.00. The number of aliphatic hydroxyl groups is 1. The van der Waals surface area contributed by atoms with Crippen molar-refractivity contribution in [2.75, 3.05) is 27.2 Å². The molecule has 0 aromatic rings. The molecule has 0 aliphatic carbocycles. The molecule has 0 aromatic carbocycles. The Morgan fingerprint density at radius 2 is 2.00 bits per heavy atom. The first kappa shape index (κ1) is 9.44. The van der Waals surface area contributed by atoms with Gasteiger partial charge in [-0.15, -0.1) is 0 Å². The first-order valence-electron chi connectivity index (χ1n) is 3.10. The zero-order chi connectivity index (χ0) is 7.11. The monoisotopic (exact) mass is 197 g/mol. The molecule has 0 saturated heterocycles. The average molecular weight is 196 g/mol. The molecule has 0 unspecified atom stereocenters. The van der Waals surface area contributed by atoms with Gasteiger partial charge in [0.1, 0.15) is 0 Å². The Hall–Kier alpha value is 0.439. The quantitative estimate of drug-likeness (QED) is 0.497. The van der Waals surface area contributed by atoms with E-state index in [0.717, 1.165) is 5.32 Å². The van der Waals surface area contributed by atoms with Crippen molar-refractivity contribution in [3.63, 3.8) is 0 Å². The predicted octanol–water partition coefficient (Wildman–Crippen LogP) is 0.0811. The summed E-state index contributed by atoms with van der Waals surface area (Å²) < 4.78 is 0. The van der Waals surface area contributed by atoms with Crippen LogP contribution in [-0.2, 0) is 0 Å². The van der Waals surface area contributed by atoms with Crippen molar-refractivity contribution in [2.45, 2.75) is 10.6 Å². The van der Waals surface area contributed by atoms with Crippen molar-refractivity contribution in [2.24, 2.45) is 0 Å². The molecule has 3 heteroatoms. The van der Waals surface area contributed by atoms with Gasteiger partial charge in [0.25, 0.3) is 0 Å². The molecule has 56 valence electrons. The molecule has 0 aliphatic rings. The molecule has 1 N–H and O–H groups in total. The first-order valence-corrected chi connectivity index (χ1v) is 5.53. The van der Waals surface area contributed by atoms with Gasteiger partial charge in [-0.2, -0.15) is 0 Å². The van der Waals surface area contributed by atoms with Crippen LogP contribution in [0.3, 0.4) is 0 Å². The molecule has 0 fully saturated rings. The Morgan fingerprint density at radius 3 is 2.44 bits per heavy atom. The minimum absolute atomic E-state index is 0.368. The number of hydrogen-bond donors (Lipinski definition) is 1. The van der Waals surface area contributed by atoms with E-state index in [1.165, 1.54) is 11.9 Å². The summed E-state index contributed by atoms with van der Waals surface area (Å²) in [7, 11) is 4.16. The van der Waals surface area contributed by atoms with Gasteiger partial charge < -0.3 is 0 Å². The second-order valence-corrected chi connectivity index (χ2v) is 4.71. The van der Waals surface area contributed by atoms with Gasteiger partial charge in [0.15, 0.2) is 0 Å². The third-order valence-electron chi connectivity index (χ3n) is 0.918. The summed E-state index contributed by atoms with van der Waals surface area (Å²) in [6.07, 6.45) is 0. The summed E-state index contributed by atoms with van der Waals surface area (Å²) in [5.74, 6) is 0. The van der Waals surface area contributed by atoms with Gasteiger partial charge in [-0.25, -0.2) is 0 Å². The summed E-state index contributed by atoms with van der Waals surface area (Å²) >= 11 is 0.666. The fourth-order valence-corrected chi connectivity index (χ4v) is 2.15. The van der Waals surface area contributed by atoms with Crippen molar-refractivity contribution < 1.29 is 5.11 Å². The second-order valence-electron chi connectivity index (χ2n) is 2.14. The average Bonchev–Trinajstić information content (AvgIpc) is 1.80. The number of hydrogen-bond acceptors (Lipinski definition) is 2. The van der Waals surface area contributed by atoms with E-state index in [2.05, 4.69) is 19.0 Å². The molecule has 2 nitrogen and oxygen atoms in total. The molecule has 0 radical (unpaired) electrons. The van der Waals surface area contributed by atoms with Crippen LogP contribution < -0.4 is 0 Å². The van der Waals surface area contributed by atoms with E-state index >= 15 is 0 Å². The van der Waals surface area contributed by atoms with E-state index in [-0.39, 0.29) is 0 Å². The zero-order valence-corrected chi connectivity index (χ0v) is 7.84. The van der Waals surface area contributed by atoms with Crippen LogP contribution in [0.4, 0.5) is 0 Å². The molecule has 0 aromatic heterocycles. The fourth-order valence-electron chi connectivity index (χ4n) is 0.414. The molecule has 9 heavy (non-hydrogen) atoms. The van der Waals surface area contributed by atoms with Gasteiger partial charge in [0.2, 0.25) is 0 Å². The van der Waals surface area contributed by atoms with E-state index in [1.807, 2.05) is 0 Å². The Morgan fingerprint density at radius 1 is 1.33 bits per heavy atom. The van der Waals surface area contributed by atoms with Gasteiger partial charge in [-0.3, -0.25) is 0 Å². The number of aliphatic hydroxyl groups excluding tert-OH is 1. The molecule has 0 spiro atoms. The topological polar surface area (TPSA) is 23.5 Å². The van der Waals surface area contributed by atoms with E-state index < -0.39 is 0 Å². The molecular formula is C6H15NOSe. The number of nitrogens with zero attached hydrogens (tertiary/aromatic N) is 1. The third-order valence-corrected chi connectivity index (χ3v) is 2.90. The summed E-state index contributed by atoms with van der Waals surface area (Å²) in [5, 5.41) is 10.7. The van der Waals surface area contributed by atoms with Crippen LogP contribution in [0.5, 0.6) is 0 Å². The van der Waals surface area contributed by atoms with E-state index in [0.29, 0.717) is 21.6 Å². The Balaban J connectivity index is 2.75. The van der Waals surface area contributed by atoms with Crippen molar-refractivity contribution >= 4 is 15.0 Å². The summed E-state index contributed by atoms with van der Waals surface area (Å²) in [5.41, 5.74) is 0. The van der Waals surface area contributed by atoms with Gasteiger partial charge in [0, 0.05) is 0 Å². The summed E-state index contributed by atoms with van der Waals surface area (Å²) in [6, 6.07) is 0. The predicted molar refractivity (Wildman–Crippen MR) is 41.0 cm³/mol. The van der Waals surface area contributed by atoms with E-state index in [9.17, 15) is 0 Å². The molecule has 0 atom stereocenters. The van der Waals surface area contributed by atoms with Crippen molar-refractivity contribution in [3.05, 3.63) is 0 Å². The Bertz CT molecular complexity index is 59.0. The van der Waals surface area contributed by atoms with Crippen LogP contribution in [0.15, 0.2) is 0 Å². The van der Waals surface area contributed by atoms with Gasteiger partial charge in [0.05, 0.1) is 0 Å². The van der Waals surface area contributed by atoms with Gasteiger partial charge in [-0.1, -0.05) is 0 Å². The maximum absolute atomic E-state index is 8.43. The van der Waals surface area contributed by atoms with Gasteiger partial charge in [-0.05, 0) is 0 Å². The van der Waals surface area contributed by atoms with Gasteiger partial charge >= 0.3 is 62.8 Å². The van der Waals surface area contributed by atoms with Crippen LogP contribution in [0.1, 0.15) is 0 Å². The van der Waals surface area contributed by atoms with Crippen LogP contribution >= 0.6 is 0 Å². The summed E-state index contributed by atoms with van der Waals surface area (Å²) in [4.78, 5) is 2.18. The first-order chi connectivity index (χ1) is 4.27. The molecule has 0 amide bonds. The Kier molecular flexibility index (Phi) is 6.88. The normalized spacial score (nSPS) is 10.7. The third kappa shape index (κ3) is 8.44. The SMILES string of the molecule is CN(C)CC[Se]CCO. The van der Waals surface area contributed by atoms with E-state index in [1.54, 1.807) is 0 Å². The van der Waals surface area contributed by atoms with E-state index in [4.69, 9.17) is 5.11 Å². The van der Waals surface area contributed by atoms with Crippen LogP contribution in [0.2, 0.25) is 10.6 Å². The Labute approximate surface area is 63.4 Å². The summed E-state index contributed by atoms with van der Waals surface area (Å²) in [6.45, 7) is 1.54. The maximum atomic E-state index is 8.43. The van der Waals surface area contributed by atoms with Crippen LogP contribution in [0.25, 0.3) is 0 Å². The standard InChI is InChI=1S/C6H15NOSe/c1-7(2)3-5-9-6-4-8/h8H,3-6H2,1-2H3. The van der Waals surface area contributed by atoms with Crippen LogP contribution in [-0.4, -0.2) is 52.2 Å². The van der Waals surface area contributed by atoms with Crippen molar-refractivity contribution in [1.29, 1.82) is 0 Å².